The highest BCUT2D eigenvalue weighted by atomic mass is 16.6. The van der Waals surface area contributed by atoms with Gasteiger partial charge in [0.2, 0.25) is 5.95 Å². The number of nitrogens with zero attached hydrogens (tertiary/aromatic N) is 5. The molecule has 3 heterocycles. The maximum Gasteiger partial charge on any atom is 0.415 e. The Hall–Kier alpha value is -3.56. The van der Waals surface area contributed by atoms with E-state index in [4.69, 9.17) is 14.5 Å². The van der Waals surface area contributed by atoms with E-state index in [2.05, 4.69) is 29.0 Å². The van der Waals surface area contributed by atoms with Crippen LogP contribution in [0.25, 0.3) is 0 Å². The molecule has 2 aliphatic heterocycles. The van der Waals surface area contributed by atoms with Crippen LogP contribution in [-0.2, 0) is 16.0 Å². The second-order valence-corrected chi connectivity index (χ2v) is 10.8. The van der Waals surface area contributed by atoms with Gasteiger partial charge in [-0.05, 0) is 72.1 Å². The topological polar surface area (TPSA) is 100 Å². The van der Waals surface area contributed by atoms with E-state index in [0.717, 1.165) is 50.3 Å². The molecule has 1 saturated heterocycles. The third-order valence-electron chi connectivity index (χ3n) is 6.76. The summed E-state index contributed by atoms with van der Waals surface area (Å²) in [5.74, 6) is 1.47. The molecule has 1 aromatic carbocycles. The molecule has 2 aliphatic rings. The third-order valence-corrected chi connectivity index (χ3v) is 6.76. The summed E-state index contributed by atoms with van der Waals surface area (Å²) in [6.45, 7) is 14.8. The molecule has 206 valence electrons. The summed E-state index contributed by atoms with van der Waals surface area (Å²) < 4.78 is 11.4. The number of hydrogen-bond donors (Lipinski definition) is 1. The van der Waals surface area contributed by atoms with E-state index in [9.17, 15) is 9.59 Å². The van der Waals surface area contributed by atoms with Gasteiger partial charge in [0, 0.05) is 32.6 Å². The van der Waals surface area contributed by atoms with Crippen LogP contribution in [0, 0.1) is 0 Å². The minimum Gasteiger partial charge on any atom is -0.458 e. The van der Waals surface area contributed by atoms with Crippen molar-refractivity contribution >= 4 is 29.5 Å². The fourth-order valence-electron chi connectivity index (χ4n) is 4.86. The van der Waals surface area contributed by atoms with Gasteiger partial charge in [0.15, 0.2) is 5.82 Å². The monoisotopic (exact) mass is 524 g/mol. The van der Waals surface area contributed by atoms with Gasteiger partial charge in [-0.2, -0.15) is 4.98 Å². The first-order chi connectivity index (χ1) is 18.1. The number of benzene rings is 1. The van der Waals surface area contributed by atoms with Crippen LogP contribution in [0.2, 0.25) is 0 Å². The van der Waals surface area contributed by atoms with Crippen molar-refractivity contribution in [3.05, 3.63) is 36.0 Å². The van der Waals surface area contributed by atoms with Crippen molar-refractivity contribution in [2.75, 3.05) is 41.3 Å². The molecule has 10 nitrogen and oxygen atoms in total. The van der Waals surface area contributed by atoms with E-state index in [1.165, 1.54) is 0 Å². The lowest BCUT2D eigenvalue weighted by molar-refractivity contribution is -0.156. The zero-order valence-corrected chi connectivity index (χ0v) is 23.4. The molecular weight excluding hydrogens is 484 g/mol. The van der Waals surface area contributed by atoms with Gasteiger partial charge in [-0.25, -0.2) is 14.6 Å². The average molecular weight is 525 g/mol. The summed E-state index contributed by atoms with van der Waals surface area (Å²) in [6, 6.07) is 6.70. The molecule has 1 N–H and O–H groups in total. The Labute approximate surface area is 225 Å². The minimum absolute atomic E-state index is 0.190. The number of likely N-dealkylation sites (tertiary alicyclic amines) is 1. The van der Waals surface area contributed by atoms with E-state index in [0.29, 0.717) is 23.9 Å². The maximum atomic E-state index is 13.6. The first-order valence-electron chi connectivity index (χ1n) is 13.5. The molecule has 38 heavy (non-hydrogen) atoms. The van der Waals surface area contributed by atoms with Gasteiger partial charge in [0.25, 0.3) is 0 Å². The second-order valence-electron chi connectivity index (χ2n) is 10.8. The molecule has 0 spiro atoms. The van der Waals surface area contributed by atoms with Crippen molar-refractivity contribution in [1.29, 1.82) is 0 Å². The van der Waals surface area contributed by atoms with E-state index in [1.807, 2.05) is 44.7 Å². The van der Waals surface area contributed by atoms with Crippen LogP contribution >= 0.6 is 0 Å². The summed E-state index contributed by atoms with van der Waals surface area (Å²) in [5, 5.41) is 3.40. The fourth-order valence-corrected chi connectivity index (χ4v) is 4.86. The van der Waals surface area contributed by atoms with E-state index < -0.39 is 11.6 Å². The fraction of sp³-hybridized carbons (Fsp3) is 0.571. The predicted octanol–water partition coefficient (Wildman–Crippen LogP) is 4.45. The van der Waals surface area contributed by atoms with Gasteiger partial charge < -0.3 is 29.5 Å². The first-order valence-corrected chi connectivity index (χ1v) is 13.5. The van der Waals surface area contributed by atoms with Crippen LogP contribution in [0.1, 0.15) is 59.9 Å². The molecule has 10 heteroatoms. The molecule has 0 radical (unpaired) electrons. The standard InChI is InChI=1S/C28H40N6O4/c1-7-32(8-2)26-29-18-22-24(31-26)34(19(3)30-22)23(25(35)38-28(4,5)6)17-20-11-13-21(14-12-20)37-27(36)33-15-9-10-16-33/h11-14,18-19,23,30H,7-10,15-17H2,1-6H3/t19?,23-/m0/s1. The van der Waals surface area contributed by atoms with Crippen molar-refractivity contribution in [2.45, 2.75) is 78.6 Å². The molecule has 0 bridgehead atoms. The van der Waals surface area contributed by atoms with Crippen LogP contribution < -0.4 is 19.9 Å². The van der Waals surface area contributed by atoms with Gasteiger partial charge in [-0.1, -0.05) is 12.1 Å². The number of esters is 1. The summed E-state index contributed by atoms with van der Waals surface area (Å²) in [6.07, 6.45) is 3.68. The van der Waals surface area contributed by atoms with Gasteiger partial charge in [-0.15, -0.1) is 0 Å². The molecule has 4 rings (SSSR count). The number of anilines is 3. The number of amides is 1. The Morgan fingerprint density at radius 1 is 1.13 bits per heavy atom. The Morgan fingerprint density at radius 3 is 2.39 bits per heavy atom. The molecule has 0 saturated carbocycles. The summed E-state index contributed by atoms with van der Waals surface area (Å²) in [7, 11) is 0. The minimum atomic E-state index is -0.639. The van der Waals surface area contributed by atoms with Crippen molar-refractivity contribution in [2.24, 2.45) is 0 Å². The van der Waals surface area contributed by atoms with Crippen LogP contribution in [-0.4, -0.2) is 70.9 Å². The number of ether oxygens (including phenoxy) is 2. The quantitative estimate of drug-likeness (QED) is 0.502. The number of fused-ring (bicyclic) bond motifs is 1. The Morgan fingerprint density at radius 2 is 1.79 bits per heavy atom. The molecule has 1 aromatic heterocycles. The number of hydrogen-bond acceptors (Lipinski definition) is 9. The van der Waals surface area contributed by atoms with Gasteiger partial charge in [0.1, 0.15) is 17.4 Å². The summed E-state index contributed by atoms with van der Waals surface area (Å²) in [4.78, 5) is 41.1. The zero-order valence-electron chi connectivity index (χ0n) is 23.4. The molecule has 1 amide bonds. The normalized spacial score (nSPS) is 17.6. The van der Waals surface area contributed by atoms with Crippen molar-refractivity contribution < 1.29 is 19.1 Å². The lowest BCUT2D eigenvalue weighted by Gasteiger charge is -2.33. The zero-order chi connectivity index (χ0) is 27.4. The van der Waals surface area contributed by atoms with Crippen molar-refractivity contribution in [3.8, 4) is 5.75 Å². The maximum absolute atomic E-state index is 13.6. The molecule has 2 atom stereocenters. The number of rotatable bonds is 8. The molecular formula is C28H40N6O4. The van der Waals surface area contributed by atoms with Crippen molar-refractivity contribution in [3.63, 3.8) is 0 Å². The first kappa shape index (κ1) is 27.5. The van der Waals surface area contributed by atoms with Gasteiger partial charge in [-0.3, -0.25) is 0 Å². The second kappa shape index (κ2) is 11.4. The predicted molar refractivity (Wildman–Crippen MR) is 148 cm³/mol. The van der Waals surface area contributed by atoms with E-state index in [-0.39, 0.29) is 18.2 Å². The smallest absolute Gasteiger partial charge is 0.415 e. The lowest BCUT2D eigenvalue weighted by Crippen LogP contribution is -2.50. The van der Waals surface area contributed by atoms with Crippen LogP contribution in [0.3, 0.4) is 0 Å². The third kappa shape index (κ3) is 6.28. The Kier molecular flexibility index (Phi) is 8.28. The van der Waals surface area contributed by atoms with Crippen LogP contribution in [0.5, 0.6) is 5.75 Å². The highest BCUT2D eigenvalue weighted by Gasteiger charge is 2.39. The Balaban J connectivity index is 1.59. The highest BCUT2D eigenvalue weighted by Crippen LogP contribution is 2.36. The molecule has 0 aliphatic carbocycles. The molecule has 1 fully saturated rings. The van der Waals surface area contributed by atoms with Crippen LogP contribution in [0.15, 0.2) is 30.5 Å². The van der Waals surface area contributed by atoms with E-state index >= 15 is 0 Å². The highest BCUT2D eigenvalue weighted by molar-refractivity contribution is 5.85. The summed E-state index contributed by atoms with van der Waals surface area (Å²) >= 11 is 0. The number of aromatic nitrogens is 2. The average Bonchev–Trinajstić information content (AvgIpc) is 3.51. The molecule has 1 unspecified atom stereocenters. The van der Waals surface area contributed by atoms with Crippen LogP contribution in [0.4, 0.5) is 22.2 Å². The van der Waals surface area contributed by atoms with Gasteiger partial charge >= 0.3 is 12.1 Å². The SMILES string of the molecule is CCN(CC)c1ncc2c(n1)N([C@@H](Cc1ccc(OC(=O)N3CCCC3)cc1)C(=O)OC(C)(C)C)C(C)N2. The van der Waals surface area contributed by atoms with Crippen molar-refractivity contribution in [1.82, 2.24) is 14.9 Å². The lowest BCUT2D eigenvalue weighted by atomic mass is 10.0. The summed E-state index contributed by atoms with van der Waals surface area (Å²) in [5.41, 5.74) is 1.06. The Bertz CT molecular complexity index is 1120. The van der Waals surface area contributed by atoms with E-state index in [1.54, 1.807) is 23.2 Å². The molecule has 2 aromatic rings. The number of nitrogens with one attached hydrogen (secondary N) is 1. The number of carbonyl (C=O) groups excluding carboxylic acids is 2. The largest absolute Gasteiger partial charge is 0.458 e. The van der Waals surface area contributed by atoms with Gasteiger partial charge in [0.05, 0.1) is 18.1 Å². The number of carbonyl (C=O) groups is 2.